The number of aromatic nitrogens is 1. The van der Waals surface area contributed by atoms with Crippen LogP contribution in [0.1, 0.15) is 73.3 Å². The Bertz CT molecular complexity index is 1750. The van der Waals surface area contributed by atoms with Crippen LogP contribution in [0.15, 0.2) is 41.3 Å². The van der Waals surface area contributed by atoms with Gasteiger partial charge in [-0.3, -0.25) is 13.9 Å². The molecule has 7 rings (SSSR count). The van der Waals surface area contributed by atoms with Crippen molar-refractivity contribution in [2.24, 2.45) is 11.3 Å². The quantitative estimate of drug-likeness (QED) is 0.267. The summed E-state index contributed by atoms with van der Waals surface area (Å²) in [6.45, 7) is 1.22. The number of nitrogens with one attached hydrogen (secondary N) is 1. The fourth-order valence-electron chi connectivity index (χ4n) is 7.18. The monoisotopic (exact) mass is 654 g/mol. The highest BCUT2D eigenvalue weighted by atomic mass is 32.3. The molecule has 2 saturated heterocycles. The smallest absolute Gasteiger partial charge is 0.282 e. The number of sulfonamides is 1. The van der Waals surface area contributed by atoms with Crippen molar-refractivity contribution in [1.29, 1.82) is 5.26 Å². The molecule has 9 nitrogen and oxygen atoms in total. The van der Waals surface area contributed by atoms with E-state index in [9.17, 15) is 27.6 Å². The molecule has 0 unspecified atom stereocenters. The van der Waals surface area contributed by atoms with Crippen molar-refractivity contribution in [2.75, 3.05) is 24.6 Å². The summed E-state index contributed by atoms with van der Waals surface area (Å²) in [5.74, 6) is 1.23. The maximum absolute atomic E-state index is 13.8. The molecule has 1 spiro atoms. The number of nitrogens with zero attached hydrogens (tertiary/aromatic N) is 3. The number of carbonyl (C=O) groups excluding carboxylic acids is 1. The third-order valence-electron chi connectivity index (χ3n) is 10.1. The van der Waals surface area contributed by atoms with Crippen LogP contribution in [-0.2, 0) is 16.4 Å². The largest absolute Gasteiger partial charge is 0.335 e. The van der Waals surface area contributed by atoms with E-state index in [1.807, 2.05) is 29.2 Å². The van der Waals surface area contributed by atoms with Crippen molar-refractivity contribution in [3.05, 3.63) is 47.1 Å². The van der Waals surface area contributed by atoms with E-state index in [2.05, 4.69) is 10.8 Å². The van der Waals surface area contributed by atoms with Crippen LogP contribution in [0.2, 0.25) is 0 Å². The zero-order valence-electron chi connectivity index (χ0n) is 24.6. The van der Waals surface area contributed by atoms with E-state index < -0.39 is 26.2 Å². The van der Waals surface area contributed by atoms with Gasteiger partial charge in [0, 0.05) is 41.0 Å². The van der Waals surface area contributed by atoms with Crippen LogP contribution in [0, 0.1) is 22.7 Å². The van der Waals surface area contributed by atoms with Gasteiger partial charge < -0.3 is 4.90 Å². The Labute approximate surface area is 264 Å². The summed E-state index contributed by atoms with van der Waals surface area (Å²) in [5, 5.41) is 11.3. The van der Waals surface area contributed by atoms with Gasteiger partial charge in [0.15, 0.2) is 5.01 Å². The molecule has 0 radical (unpaired) electrons. The molecule has 44 heavy (non-hydrogen) atoms. The average Bonchev–Trinajstić information content (AvgIpc) is 3.64. The lowest BCUT2D eigenvalue weighted by Crippen LogP contribution is -2.60. The zero-order valence-corrected chi connectivity index (χ0v) is 27.1. The number of rotatable bonds is 7. The third-order valence-corrected chi connectivity index (χ3v) is 14.5. The topological polar surface area (TPSA) is 144 Å². The Morgan fingerprint density at radius 3 is 2.39 bits per heavy atom. The van der Waals surface area contributed by atoms with Gasteiger partial charge in [0.05, 0.1) is 21.5 Å². The number of likely N-dealkylation sites (tertiary alicyclic amines) is 1. The lowest BCUT2D eigenvalue weighted by molar-refractivity contribution is -0.000484. The van der Waals surface area contributed by atoms with Gasteiger partial charge in [0.25, 0.3) is 5.91 Å². The van der Waals surface area contributed by atoms with Gasteiger partial charge in [-0.2, -0.15) is 20.6 Å². The first-order valence-electron chi connectivity index (χ1n) is 15.5. The predicted octanol–water partition coefficient (Wildman–Crippen LogP) is 6.41. The van der Waals surface area contributed by atoms with Crippen LogP contribution in [0.3, 0.4) is 0 Å². The molecule has 12 heteroatoms. The fourth-order valence-corrected chi connectivity index (χ4v) is 11.6. The van der Waals surface area contributed by atoms with E-state index in [4.69, 9.17) is 4.98 Å². The SMILES string of the molecule is N#CC1(NS(=O)(=O)c2ccc(-c3sc(C(=O)N4CC5(CCS(O)(O)CC5)C4)nc3CC3CCCCC3)c3ccccc23)CC1. The summed E-state index contributed by atoms with van der Waals surface area (Å²) in [4.78, 5) is 21.6. The molecule has 3 N–H and O–H groups in total. The molecular weight excluding hydrogens is 617 g/mol. The number of amides is 1. The summed E-state index contributed by atoms with van der Waals surface area (Å²) in [7, 11) is -6.41. The third kappa shape index (κ3) is 5.67. The van der Waals surface area contributed by atoms with Crippen molar-refractivity contribution in [3.8, 4) is 16.5 Å². The lowest BCUT2D eigenvalue weighted by Gasteiger charge is -2.55. The van der Waals surface area contributed by atoms with Gasteiger partial charge in [0.1, 0.15) is 5.54 Å². The summed E-state index contributed by atoms with van der Waals surface area (Å²) in [6.07, 6.45) is 9.15. The van der Waals surface area contributed by atoms with Crippen molar-refractivity contribution < 1.29 is 22.3 Å². The van der Waals surface area contributed by atoms with E-state index in [-0.39, 0.29) is 16.2 Å². The van der Waals surface area contributed by atoms with Crippen molar-refractivity contribution in [3.63, 3.8) is 0 Å². The number of carbonyl (C=O) groups is 1. The molecule has 3 heterocycles. The second-order valence-corrected chi connectivity index (χ2v) is 18.4. The molecule has 3 aromatic rings. The van der Waals surface area contributed by atoms with E-state index >= 15 is 0 Å². The number of benzene rings is 2. The second kappa shape index (κ2) is 11.1. The Hall–Kier alpha value is -2.53. The van der Waals surface area contributed by atoms with Crippen molar-refractivity contribution in [2.45, 2.75) is 74.6 Å². The average molecular weight is 655 g/mol. The highest BCUT2D eigenvalue weighted by Gasteiger charge is 2.49. The minimum absolute atomic E-state index is 0.0290. The van der Waals surface area contributed by atoms with Crippen molar-refractivity contribution >= 4 is 48.6 Å². The molecule has 1 aromatic heterocycles. The van der Waals surface area contributed by atoms with Crippen LogP contribution in [0.5, 0.6) is 0 Å². The maximum atomic E-state index is 13.8. The molecule has 4 aliphatic rings. The van der Waals surface area contributed by atoms with E-state index in [0.717, 1.165) is 53.6 Å². The number of nitriles is 1. The summed E-state index contributed by atoms with van der Waals surface area (Å²) in [6, 6.07) is 13.0. The molecule has 0 bridgehead atoms. The molecule has 2 aliphatic carbocycles. The molecule has 2 saturated carbocycles. The molecule has 4 fully saturated rings. The minimum atomic E-state index is -3.94. The van der Waals surface area contributed by atoms with E-state index in [1.165, 1.54) is 30.6 Å². The van der Waals surface area contributed by atoms with Crippen LogP contribution in [0.25, 0.3) is 21.2 Å². The number of thiazole rings is 1. The maximum Gasteiger partial charge on any atom is 0.282 e. The standard InChI is InChI=1S/C32H38N4O5S3/c33-19-32(12-13-32)35-44(40,41)27-11-10-25(23-8-4-5-9-24(23)27)28-26(18-22-6-2-1-3-7-22)34-29(42-28)30(37)36-20-31(21-36)14-16-43(38,39)17-15-31/h4-5,8-11,22,35,38-39H,1-3,6-7,12-18,20-21H2. The minimum Gasteiger partial charge on any atom is -0.335 e. The van der Waals surface area contributed by atoms with Crippen LogP contribution in [0.4, 0.5) is 0 Å². The van der Waals surface area contributed by atoms with Gasteiger partial charge in [-0.25, -0.2) is 13.4 Å². The highest BCUT2D eigenvalue weighted by molar-refractivity contribution is 8.24. The number of hydrogen-bond donors (Lipinski definition) is 3. The van der Waals surface area contributed by atoms with E-state index in [0.29, 0.717) is 53.7 Å². The molecule has 2 aromatic carbocycles. The summed E-state index contributed by atoms with van der Waals surface area (Å²) < 4.78 is 49.7. The molecule has 0 atom stereocenters. The van der Waals surface area contributed by atoms with Gasteiger partial charge in [-0.05, 0) is 49.5 Å². The molecule has 1 amide bonds. The fraction of sp³-hybridized carbons (Fsp3) is 0.531. The Kier molecular flexibility index (Phi) is 7.58. The molecule has 2 aliphatic heterocycles. The second-order valence-electron chi connectivity index (χ2n) is 13.3. The molecular formula is C32H38N4O5S3. The predicted molar refractivity (Wildman–Crippen MR) is 173 cm³/mol. The first-order valence-corrected chi connectivity index (χ1v) is 19.7. The normalized spacial score (nSPS) is 23.2. The van der Waals surface area contributed by atoms with Crippen molar-refractivity contribution in [1.82, 2.24) is 14.6 Å². The highest BCUT2D eigenvalue weighted by Crippen LogP contribution is 2.53. The van der Waals surface area contributed by atoms with E-state index in [1.54, 1.807) is 12.1 Å². The summed E-state index contributed by atoms with van der Waals surface area (Å²) in [5.41, 5.74) is 0.707. The first kappa shape index (κ1) is 30.1. The summed E-state index contributed by atoms with van der Waals surface area (Å²) >= 11 is 1.39. The Morgan fingerprint density at radius 1 is 1.05 bits per heavy atom. The van der Waals surface area contributed by atoms with Gasteiger partial charge in [0.2, 0.25) is 10.0 Å². The van der Waals surface area contributed by atoms with Crippen LogP contribution in [-0.4, -0.2) is 63.4 Å². The van der Waals surface area contributed by atoms with Crippen LogP contribution < -0.4 is 4.72 Å². The number of fused-ring (bicyclic) bond motifs is 1. The Morgan fingerprint density at radius 2 is 1.73 bits per heavy atom. The van der Waals surface area contributed by atoms with Gasteiger partial charge in [-0.15, -0.1) is 11.3 Å². The first-order chi connectivity index (χ1) is 21.0. The Balaban J connectivity index is 1.23. The van der Waals surface area contributed by atoms with Crippen LogP contribution >= 0.6 is 21.9 Å². The van der Waals surface area contributed by atoms with Gasteiger partial charge >= 0.3 is 0 Å². The lowest BCUT2D eigenvalue weighted by atomic mass is 9.75. The van der Waals surface area contributed by atoms with Gasteiger partial charge in [-0.1, -0.05) is 62.4 Å². The molecule has 234 valence electrons. The zero-order chi connectivity index (χ0) is 30.7. The number of hydrogen-bond acceptors (Lipinski definition) is 8.